The van der Waals surface area contributed by atoms with Gasteiger partial charge < -0.3 is 10.1 Å². The fourth-order valence-electron chi connectivity index (χ4n) is 6.06. The van der Waals surface area contributed by atoms with E-state index in [4.69, 9.17) is 4.74 Å². The van der Waals surface area contributed by atoms with Gasteiger partial charge in [0.2, 0.25) is 0 Å². The highest BCUT2D eigenvalue weighted by molar-refractivity contribution is 5.72. The zero-order valence-corrected chi connectivity index (χ0v) is 30.0. The number of rotatable bonds is 8. The molecule has 3 nitrogen and oxygen atoms in total. The van der Waals surface area contributed by atoms with E-state index in [-0.39, 0.29) is 23.5 Å². The van der Waals surface area contributed by atoms with Crippen molar-refractivity contribution in [1.82, 2.24) is 5.32 Å². The topological polar surface area (TPSA) is 38.3 Å². The fraction of sp³-hybridized carbons (Fsp3) is 0.675. The number of halogens is 2. The van der Waals surface area contributed by atoms with Crippen LogP contribution in [0.1, 0.15) is 124 Å². The third-order valence-electron chi connectivity index (χ3n) is 8.61. The van der Waals surface area contributed by atoms with Gasteiger partial charge in [-0.25, -0.2) is 8.78 Å². The number of piperidine rings is 1. The van der Waals surface area contributed by atoms with Crippen molar-refractivity contribution in [2.45, 2.75) is 120 Å². The van der Waals surface area contributed by atoms with E-state index in [2.05, 4.69) is 60.7 Å². The summed E-state index contributed by atoms with van der Waals surface area (Å²) in [6, 6.07) is 13.4. The molecular weight excluding hydrogens is 564 g/mol. The van der Waals surface area contributed by atoms with E-state index >= 15 is 0 Å². The molecule has 1 saturated heterocycles. The van der Waals surface area contributed by atoms with Crippen LogP contribution in [0, 0.1) is 47.1 Å². The summed E-state index contributed by atoms with van der Waals surface area (Å²) < 4.78 is 30.0. The van der Waals surface area contributed by atoms with E-state index in [0.717, 1.165) is 48.5 Å². The Morgan fingerprint density at radius 3 is 1.96 bits per heavy atom. The molecule has 0 radical (unpaired) electrons. The normalized spacial score (nSPS) is 19.6. The van der Waals surface area contributed by atoms with Gasteiger partial charge in [0.05, 0.1) is 12.5 Å². The molecule has 256 valence electrons. The predicted molar refractivity (Wildman–Crippen MR) is 187 cm³/mol. The molecule has 2 aromatic rings. The molecule has 1 unspecified atom stereocenters. The van der Waals surface area contributed by atoms with Crippen molar-refractivity contribution < 1.29 is 18.3 Å². The second-order valence-corrected chi connectivity index (χ2v) is 14.4. The zero-order chi connectivity index (χ0) is 33.8. The maximum Gasteiger partial charge on any atom is 0.308 e. The van der Waals surface area contributed by atoms with Gasteiger partial charge in [0.1, 0.15) is 11.6 Å². The lowest BCUT2D eigenvalue weighted by molar-refractivity contribution is -0.149. The number of carbonyl (C=O) groups is 1. The number of hydrogen-bond donors (Lipinski definition) is 1. The SMILES string of the molecule is CC(C)CC1CCCNC1.CC(C)Cc1cccc(F)c1.CC(C)c1ccc(F)cc1.CCOC(=O)C1CCC(C(C)C)CC1. The predicted octanol–water partition coefficient (Wildman–Crippen LogP) is 11.0. The van der Waals surface area contributed by atoms with Gasteiger partial charge in [-0.3, -0.25) is 4.79 Å². The van der Waals surface area contributed by atoms with Crippen molar-refractivity contribution >= 4 is 5.97 Å². The van der Waals surface area contributed by atoms with Crippen LogP contribution in [0.3, 0.4) is 0 Å². The number of nitrogens with one attached hydrogen (secondary N) is 1. The highest BCUT2D eigenvalue weighted by Crippen LogP contribution is 2.33. The zero-order valence-electron chi connectivity index (χ0n) is 30.0. The van der Waals surface area contributed by atoms with Crippen molar-refractivity contribution in [2.24, 2.45) is 35.5 Å². The van der Waals surface area contributed by atoms with Gasteiger partial charge in [0.25, 0.3) is 0 Å². The Labute approximate surface area is 275 Å². The summed E-state index contributed by atoms with van der Waals surface area (Å²) in [4.78, 5) is 11.5. The minimum absolute atomic E-state index is 0.0229. The second-order valence-electron chi connectivity index (χ2n) is 14.4. The van der Waals surface area contributed by atoms with Crippen molar-refractivity contribution in [2.75, 3.05) is 19.7 Å². The van der Waals surface area contributed by atoms with Crippen LogP contribution in [-0.2, 0) is 16.0 Å². The lowest BCUT2D eigenvalue weighted by atomic mass is 9.77. The van der Waals surface area contributed by atoms with Crippen LogP contribution in [0.5, 0.6) is 0 Å². The van der Waals surface area contributed by atoms with E-state index in [1.54, 1.807) is 12.1 Å². The van der Waals surface area contributed by atoms with Gasteiger partial charge in [-0.2, -0.15) is 0 Å². The van der Waals surface area contributed by atoms with Crippen molar-refractivity contribution in [3.8, 4) is 0 Å². The quantitative estimate of drug-likeness (QED) is 0.295. The molecule has 4 rings (SSSR count). The number of ether oxygens (including phenoxy) is 1. The van der Waals surface area contributed by atoms with Gasteiger partial charge in [-0.05, 0) is 142 Å². The Morgan fingerprint density at radius 1 is 0.844 bits per heavy atom. The Bertz CT molecular complexity index is 1020. The minimum Gasteiger partial charge on any atom is -0.466 e. The summed E-state index contributed by atoms with van der Waals surface area (Å²) in [5.41, 5.74) is 2.27. The first-order valence-corrected chi connectivity index (χ1v) is 17.7. The van der Waals surface area contributed by atoms with E-state index in [1.807, 2.05) is 25.1 Å². The molecule has 1 N–H and O–H groups in total. The maximum atomic E-state index is 12.6. The number of esters is 1. The Hall–Kier alpha value is -2.27. The minimum atomic E-state index is -0.163. The van der Waals surface area contributed by atoms with Gasteiger partial charge in [-0.1, -0.05) is 79.7 Å². The van der Waals surface area contributed by atoms with Crippen molar-refractivity contribution in [3.05, 3.63) is 71.3 Å². The summed E-state index contributed by atoms with van der Waals surface area (Å²) in [6.07, 6.45) is 9.65. The molecule has 1 aliphatic carbocycles. The molecule has 0 amide bonds. The van der Waals surface area contributed by atoms with Gasteiger partial charge in [0.15, 0.2) is 0 Å². The lowest BCUT2D eigenvalue weighted by Crippen LogP contribution is -2.30. The summed E-state index contributed by atoms with van der Waals surface area (Å²) in [7, 11) is 0. The third-order valence-corrected chi connectivity index (χ3v) is 8.61. The molecule has 1 saturated carbocycles. The molecule has 0 spiro atoms. The number of hydrogen-bond acceptors (Lipinski definition) is 3. The summed E-state index contributed by atoms with van der Waals surface area (Å²) in [5.74, 6) is 4.42. The third kappa shape index (κ3) is 19.1. The summed E-state index contributed by atoms with van der Waals surface area (Å²) >= 11 is 0. The first-order valence-electron chi connectivity index (χ1n) is 17.7. The monoisotopic (exact) mass is 629 g/mol. The highest BCUT2D eigenvalue weighted by Gasteiger charge is 2.28. The number of benzene rings is 2. The van der Waals surface area contributed by atoms with Crippen LogP contribution in [-0.4, -0.2) is 25.7 Å². The van der Waals surface area contributed by atoms with Crippen molar-refractivity contribution in [1.29, 1.82) is 0 Å². The largest absolute Gasteiger partial charge is 0.466 e. The highest BCUT2D eigenvalue weighted by atomic mass is 19.1. The molecule has 2 aliphatic rings. The van der Waals surface area contributed by atoms with Crippen LogP contribution in [0.15, 0.2) is 48.5 Å². The first-order chi connectivity index (χ1) is 21.3. The molecule has 0 bridgehead atoms. The van der Waals surface area contributed by atoms with Gasteiger partial charge in [-0.15, -0.1) is 0 Å². The maximum absolute atomic E-state index is 12.6. The van der Waals surface area contributed by atoms with E-state index in [0.29, 0.717) is 18.4 Å². The van der Waals surface area contributed by atoms with Crippen LogP contribution in [0.2, 0.25) is 0 Å². The van der Waals surface area contributed by atoms with Crippen LogP contribution in [0.4, 0.5) is 8.78 Å². The lowest BCUT2D eigenvalue weighted by Gasteiger charge is -2.29. The average Bonchev–Trinajstić information content (AvgIpc) is 2.98. The molecule has 1 aliphatic heterocycles. The van der Waals surface area contributed by atoms with Gasteiger partial charge in [0, 0.05) is 0 Å². The molecule has 45 heavy (non-hydrogen) atoms. The average molecular weight is 630 g/mol. The van der Waals surface area contributed by atoms with E-state index in [9.17, 15) is 13.6 Å². The van der Waals surface area contributed by atoms with Crippen LogP contribution >= 0.6 is 0 Å². The second kappa shape index (κ2) is 23.1. The number of carbonyl (C=O) groups excluding carboxylic acids is 1. The Morgan fingerprint density at radius 2 is 1.49 bits per heavy atom. The Balaban J connectivity index is 0.000000303. The molecule has 2 fully saturated rings. The summed E-state index contributed by atoms with van der Waals surface area (Å²) in [5, 5.41) is 3.44. The molecule has 2 aromatic carbocycles. The summed E-state index contributed by atoms with van der Waals surface area (Å²) in [6.45, 7) is 22.5. The van der Waals surface area contributed by atoms with E-state index in [1.165, 1.54) is 69.0 Å². The molecule has 1 atom stereocenters. The Kier molecular flexibility index (Phi) is 20.9. The van der Waals surface area contributed by atoms with E-state index < -0.39 is 0 Å². The molecule has 5 heteroatoms. The molecule has 1 heterocycles. The van der Waals surface area contributed by atoms with Crippen LogP contribution < -0.4 is 5.32 Å². The smallest absolute Gasteiger partial charge is 0.308 e. The molecular formula is C40H65F2NO2. The van der Waals surface area contributed by atoms with Crippen LogP contribution in [0.25, 0.3) is 0 Å². The van der Waals surface area contributed by atoms with Crippen molar-refractivity contribution in [3.63, 3.8) is 0 Å². The van der Waals surface area contributed by atoms with Gasteiger partial charge >= 0.3 is 5.97 Å². The standard InChI is InChI=1S/C12H22O2.C10H13F.C9H11F.C9H19N/c1-4-14-12(13)11-7-5-10(6-8-11)9(2)3;1-8(2)6-9-4-3-5-10(11)7-9;1-7(2)8-3-5-9(10)6-4-8;1-8(2)6-9-4-3-5-10-7-9/h9-11H,4-8H2,1-3H3;3-5,7-8H,6H2,1-2H3;3-7H,1-2H3;8-10H,3-7H2,1-2H3. The fourth-order valence-corrected chi connectivity index (χ4v) is 6.06. The molecule has 0 aromatic heterocycles. The first kappa shape index (κ1) is 40.8.